The summed E-state index contributed by atoms with van der Waals surface area (Å²) in [5, 5.41) is 0.816. The van der Waals surface area contributed by atoms with Crippen molar-refractivity contribution < 1.29 is 0 Å². The SMILES string of the molecule is CC1CN(CCC2(N)CCCC2)CCS1. The molecule has 1 aliphatic carbocycles. The third-order valence-electron chi connectivity index (χ3n) is 3.85. The second-order valence-electron chi connectivity index (χ2n) is 5.30. The second-order valence-corrected chi connectivity index (χ2v) is 6.85. The fourth-order valence-electron chi connectivity index (χ4n) is 2.80. The summed E-state index contributed by atoms with van der Waals surface area (Å²) < 4.78 is 0. The molecule has 2 N–H and O–H groups in total. The predicted molar refractivity (Wildman–Crippen MR) is 68.4 cm³/mol. The third kappa shape index (κ3) is 3.36. The van der Waals surface area contributed by atoms with Crippen LogP contribution in [0.15, 0.2) is 0 Å². The van der Waals surface area contributed by atoms with Gasteiger partial charge in [-0.2, -0.15) is 11.8 Å². The van der Waals surface area contributed by atoms with Gasteiger partial charge in [0.15, 0.2) is 0 Å². The maximum Gasteiger partial charge on any atom is 0.0166 e. The van der Waals surface area contributed by atoms with Crippen molar-refractivity contribution in [1.29, 1.82) is 0 Å². The Labute approximate surface area is 98.0 Å². The highest BCUT2D eigenvalue weighted by atomic mass is 32.2. The standard InChI is InChI=1S/C12H24N2S/c1-11-10-14(8-9-15-11)7-6-12(13)4-2-3-5-12/h11H,2-10,13H2,1H3. The van der Waals surface area contributed by atoms with Crippen LogP contribution >= 0.6 is 11.8 Å². The zero-order valence-electron chi connectivity index (χ0n) is 9.87. The zero-order valence-corrected chi connectivity index (χ0v) is 10.7. The molecule has 3 heteroatoms. The van der Waals surface area contributed by atoms with E-state index in [4.69, 9.17) is 5.73 Å². The number of rotatable bonds is 3. The van der Waals surface area contributed by atoms with Crippen LogP contribution in [-0.2, 0) is 0 Å². The fourth-order valence-corrected chi connectivity index (χ4v) is 3.89. The maximum atomic E-state index is 6.38. The summed E-state index contributed by atoms with van der Waals surface area (Å²) in [6.07, 6.45) is 6.42. The average molecular weight is 228 g/mol. The Kier molecular flexibility index (Phi) is 3.97. The molecule has 0 aromatic heterocycles. The molecule has 2 nitrogen and oxygen atoms in total. The van der Waals surface area contributed by atoms with Crippen molar-refractivity contribution in [1.82, 2.24) is 4.90 Å². The molecule has 0 bridgehead atoms. The van der Waals surface area contributed by atoms with E-state index < -0.39 is 0 Å². The van der Waals surface area contributed by atoms with Gasteiger partial charge < -0.3 is 10.6 Å². The van der Waals surface area contributed by atoms with Crippen LogP contribution in [0, 0.1) is 0 Å². The van der Waals surface area contributed by atoms with Crippen molar-refractivity contribution in [3.63, 3.8) is 0 Å². The zero-order chi connectivity index (χ0) is 10.7. The van der Waals surface area contributed by atoms with Gasteiger partial charge in [-0.3, -0.25) is 0 Å². The molecule has 1 unspecified atom stereocenters. The Morgan fingerprint density at radius 1 is 1.40 bits per heavy atom. The monoisotopic (exact) mass is 228 g/mol. The van der Waals surface area contributed by atoms with Crippen molar-refractivity contribution in [2.45, 2.75) is 49.8 Å². The van der Waals surface area contributed by atoms with Crippen LogP contribution in [0.1, 0.15) is 39.0 Å². The quantitative estimate of drug-likeness (QED) is 0.802. The van der Waals surface area contributed by atoms with Crippen LogP contribution in [0.5, 0.6) is 0 Å². The van der Waals surface area contributed by atoms with Crippen molar-refractivity contribution >= 4 is 11.8 Å². The van der Waals surface area contributed by atoms with Crippen molar-refractivity contribution in [2.24, 2.45) is 5.73 Å². The molecule has 1 atom stereocenters. The first kappa shape index (κ1) is 11.7. The molecule has 2 fully saturated rings. The first-order chi connectivity index (χ1) is 7.18. The Bertz CT molecular complexity index is 202. The van der Waals surface area contributed by atoms with Gasteiger partial charge in [-0.15, -0.1) is 0 Å². The summed E-state index contributed by atoms with van der Waals surface area (Å²) in [6.45, 7) is 6.10. The van der Waals surface area contributed by atoms with Crippen LogP contribution in [0.4, 0.5) is 0 Å². The summed E-state index contributed by atoms with van der Waals surface area (Å²) >= 11 is 2.11. The highest BCUT2D eigenvalue weighted by molar-refractivity contribution is 7.99. The Morgan fingerprint density at radius 2 is 2.13 bits per heavy atom. The summed E-state index contributed by atoms with van der Waals surface area (Å²) in [5.74, 6) is 1.30. The van der Waals surface area contributed by atoms with Gasteiger partial charge in [-0.1, -0.05) is 19.8 Å². The van der Waals surface area contributed by atoms with E-state index in [0.717, 1.165) is 5.25 Å². The minimum absolute atomic E-state index is 0.188. The van der Waals surface area contributed by atoms with E-state index >= 15 is 0 Å². The summed E-state index contributed by atoms with van der Waals surface area (Å²) in [6, 6.07) is 0. The normalized spacial score (nSPS) is 32.0. The van der Waals surface area contributed by atoms with Gasteiger partial charge in [0.05, 0.1) is 0 Å². The van der Waals surface area contributed by atoms with E-state index in [1.807, 2.05) is 0 Å². The number of nitrogens with zero attached hydrogens (tertiary/aromatic N) is 1. The lowest BCUT2D eigenvalue weighted by Crippen LogP contribution is -2.43. The number of nitrogens with two attached hydrogens (primary N) is 1. The van der Waals surface area contributed by atoms with Gasteiger partial charge in [0.1, 0.15) is 0 Å². The smallest absolute Gasteiger partial charge is 0.0166 e. The Hall–Kier alpha value is 0.270. The number of thioether (sulfide) groups is 1. The van der Waals surface area contributed by atoms with Crippen LogP contribution in [0.2, 0.25) is 0 Å². The third-order valence-corrected chi connectivity index (χ3v) is 4.99. The van der Waals surface area contributed by atoms with E-state index in [2.05, 4.69) is 23.6 Å². The van der Waals surface area contributed by atoms with E-state index in [9.17, 15) is 0 Å². The largest absolute Gasteiger partial charge is 0.325 e. The van der Waals surface area contributed by atoms with E-state index in [1.165, 1.54) is 57.5 Å². The van der Waals surface area contributed by atoms with Crippen molar-refractivity contribution in [3.8, 4) is 0 Å². The molecular formula is C12H24N2S. The molecule has 0 amide bonds. The van der Waals surface area contributed by atoms with Crippen LogP contribution < -0.4 is 5.73 Å². The Morgan fingerprint density at radius 3 is 2.80 bits per heavy atom. The van der Waals surface area contributed by atoms with Gasteiger partial charge in [-0.25, -0.2) is 0 Å². The Balaban J connectivity index is 1.72. The second kappa shape index (κ2) is 5.07. The van der Waals surface area contributed by atoms with Crippen molar-refractivity contribution in [2.75, 3.05) is 25.4 Å². The number of hydrogen-bond donors (Lipinski definition) is 1. The van der Waals surface area contributed by atoms with Gasteiger partial charge >= 0.3 is 0 Å². The molecule has 2 aliphatic rings. The number of hydrogen-bond acceptors (Lipinski definition) is 3. The molecule has 1 aliphatic heterocycles. The summed E-state index contributed by atoms with van der Waals surface area (Å²) in [4.78, 5) is 2.61. The maximum absolute atomic E-state index is 6.38. The average Bonchev–Trinajstić information content (AvgIpc) is 2.63. The molecular weight excluding hydrogens is 204 g/mol. The molecule has 0 aromatic rings. The van der Waals surface area contributed by atoms with Crippen LogP contribution in [0.25, 0.3) is 0 Å². The minimum atomic E-state index is 0.188. The van der Waals surface area contributed by atoms with Gasteiger partial charge in [-0.05, 0) is 25.8 Å². The lowest BCUT2D eigenvalue weighted by Gasteiger charge is -2.33. The lowest BCUT2D eigenvalue weighted by atomic mass is 9.94. The molecule has 0 spiro atoms. The fraction of sp³-hybridized carbons (Fsp3) is 1.00. The van der Waals surface area contributed by atoms with Gasteiger partial charge in [0.2, 0.25) is 0 Å². The highest BCUT2D eigenvalue weighted by Crippen LogP contribution is 2.30. The van der Waals surface area contributed by atoms with Crippen molar-refractivity contribution in [3.05, 3.63) is 0 Å². The van der Waals surface area contributed by atoms with Crippen LogP contribution in [0.3, 0.4) is 0 Å². The topological polar surface area (TPSA) is 29.3 Å². The predicted octanol–water partition coefficient (Wildman–Crippen LogP) is 2.09. The summed E-state index contributed by atoms with van der Waals surface area (Å²) in [5.41, 5.74) is 6.57. The summed E-state index contributed by atoms with van der Waals surface area (Å²) in [7, 11) is 0. The van der Waals surface area contributed by atoms with E-state index in [0.29, 0.717) is 0 Å². The molecule has 1 saturated carbocycles. The molecule has 2 rings (SSSR count). The molecule has 0 aromatic carbocycles. The molecule has 0 radical (unpaired) electrons. The lowest BCUT2D eigenvalue weighted by molar-refractivity contribution is 0.247. The first-order valence-electron chi connectivity index (χ1n) is 6.31. The van der Waals surface area contributed by atoms with Gasteiger partial charge in [0, 0.05) is 29.6 Å². The van der Waals surface area contributed by atoms with E-state index in [-0.39, 0.29) is 5.54 Å². The van der Waals surface area contributed by atoms with Crippen LogP contribution in [-0.4, -0.2) is 41.1 Å². The molecule has 15 heavy (non-hydrogen) atoms. The molecule has 1 heterocycles. The first-order valence-corrected chi connectivity index (χ1v) is 7.36. The minimum Gasteiger partial charge on any atom is -0.325 e. The van der Waals surface area contributed by atoms with Gasteiger partial charge in [0.25, 0.3) is 0 Å². The molecule has 1 saturated heterocycles. The highest BCUT2D eigenvalue weighted by Gasteiger charge is 2.29. The van der Waals surface area contributed by atoms with E-state index in [1.54, 1.807) is 0 Å². The molecule has 88 valence electrons.